The van der Waals surface area contributed by atoms with Gasteiger partial charge in [-0.1, -0.05) is 6.92 Å². The van der Waals surface area contributed by atoms with Gasteiger partial charge in [-0.3, -0.25) is 9.69 Å². The van der Waals surface area contributed by atoms with Gasteiger partial charge in [0.05, 0.1) is 6.54 Å². The molecule has 15 heavy (non-hydrogen) atoms. The molecule has 0 aromatic rings. The predicted molar refractivity (Wildman–Crippen MR) is 61.8 cm³/mol. The standard InChI is InChI=1S/C11H23N3O/c1-9-7-14(6-5-10(9)12-2)8-11(15)13(3)4/h9-10,12H,5-8H2,1-4H3. The lowest BCUT2D eigenvalue weighted by Gasteiger charge is -2.36. The highest BCUT2D eigenvalue weighted by atomic mass is 16.2. The maximum atomic E-state index is 11.5. The van der Waals surface area contributed by atoms with Crippen molar-refractivity contribution in [2.45, 2.75) is 19.4 Å². The van der Waals surface area contributed by atoms with Gasteiger partial charge in [-0.25, -0.2) is 0 Å². The minimum absolute atomic E-state index is 0.199. The summed E-state index contributed by atoms with van der Waals surface area (Å²) in [5.41, 5.74) is 0. The smallest absolute Gasteiger partial charge is 0.236 e. The number of likely N-dealkylation sites (tertiary alicyclic amines) is 1. The van der Waals surface area contributed by atoms with E-state index in [0.29, 0.717) is 18.5 Å². The number of nitrogens with zero attached hydrogens (tertiary/aromatic N) is 2. The zero-order valence-corrected chi connectivity index (χ0v) is 10.3. The first-order valence-electron chi connectivity index (χ1n) is 5.64. The Morgan fingerprint density at radius 2 is 2.20 bits per heavy atom. The third-order valence-electron chi connectivity index (χ3n) is 3.22. The van der Waals surface area contributed by atoms with Crippen LogP contribution in [0.25, 0.3) is 0 Å². The number of hydrogen-bond donors (Lipinski definition) is 1. The molecule has 2 unspecified atom stereocenters. The third kappa shape index (κ3) is 3.47. The van der Waals surface area contributed by atoms with Crippen LogP contribution in [0, 0.1) is 5.92 Å². The van der Waals surface area contributed by atoms with Crippen molar-refractivity contribution in [1.82, 2.24) is 15.1 Å². The minimum atomic E-state index is 0.199. The maximum absolute atomic E-state index is 11.5. The van der Waals surface area contributed by atoms with Crippen LogP contribution in [0.1, 0.15) is 13.3 Å². The second-order valence-corrected chi connectivity index (χ2v) is 4.68. The number of rotatable bonds is 3. The second kappa shape index (κ2) is 5.47. The highest BCUT2D eigenvalue weighted by Crippen LogP contribution is 2.16. The Morgan fingerprint density at radius 3 is 2.67 bits per heavy atom. The van der Waals surface area contributed by atoms with Crippen molar-refractivity contribution in [2.24, 2.45) is 5.92 Å². The number of hydrogen-bond acceptors (Lipinski definition) is 3. The van der Waals surface area contributed by atoms with Gasteiger partial charge in [0.15, 0.2) is 0 Å². The van der Waals surface area contributed by atoms with E-state index >= 15 is 0 Å². The molecule has 0 spiro atoms. The molecule has 1 fully saturated rings. The second-order valence-electron chi connectivity index (χ2n) is 4.68. The molecule has 0 aromatic heterocycles. The molecular formula is C11H23N3O. The van der Waals surface area contributed by atoms with E-state index in [0.717, 1.165) is 19.5 Å². The first-order valence-corrected chi connectivity index (χ1v) is 5.64. The molecule has 0 aliphatic carbocycles. The van der Waals surface area contributed by atoms with Crippen molar-refractivity contribution in [1.29, 1.82) is 0 Å². The average molecular weight is 213 g/mol. The first kappa shape index (κ1) is 12.5. The fourth-order valence-electron chi connectivity index (χ4n) is 2.14. The number of likely N-dealkylation sites (N-methyl/N-ethyl adjacent to an activating group) is 1. The summed E-state index contributed by atoms with van der Waals surface area (Å²) in [7, 11) is 5.64. The van der Waals surface area contributed by atoms with Crippen LogP contribution < -0.4 is 5.32 Å². The highest BCUT2D eigenvalue weighted by Gasteiger charge is 2.25. The number of carbonyl (C=O) groups is 1. The van der Waals surface area contributed by atoms with Crippen molar-refractivity contribution >= 4 is 5.91 Å². The van der Waals surface area contributed by atoms with E-state index in [1.54, 1.807) is 4.90 Å². The number of nitrogens with one attached hydrogen (secondary N) is 1. The van der Waals surface area contributed by atoms with E-state index in [2.05, 4.69) is 17.1 Å². The maximum Gasteiger partial charge on any atom is 0.236 e. The Morgan fingerprint density at radius 1 is 1.53 bits per heavy atom. The molecule has 1 aliphatic rings. The van der Waals surface area contributed by atoms with Gasteiger partial charge in [0.1, 0.15) is 0 Å². The normalized spacial score (nSPS) is 27.7. The molecule has 1 rings (SSSR count). The lowest BCUT2D eigenvalue weighted by Crippen LogP contribution is -2.49. The molecule has 1 amide bonds. The molecule has 0 saturated carbocycles. The molecule has 0 bridgehead atoms. The third-order valence-corrected chi connectivity index (χ3v) is 3.22. The summed E-state index contributed by atoms with van der Waals surface area (Å²) in [4.78, 5) is 15.4. The van der Waals surface area contributed by atoms with Crippen molar-refractivity contribution in [3.05, 3.63) is 0 Å². The molecule has 0 aromatic carbocycles. The number of piperidine rings is 1. The van der Waals surface area contributed by atoms with E-state index in [4.69, 9.17) is 0 Å². The SMILES string of the molecule is CNC1CCN(CC(=O)N(C)C)CC1C. The molecule has 0 radical (unpaired) electrons. The summed E-state index contributed by atoms with van der Waals surface area (Å²) in [5, 5.41) is 3.33. The molecule has 1 aliphatic heterocycles. The summed E-state index contributed by atoms with van der Waals surface area (Å²) in [6, 6.07) is 0.607. The van der Waals surface area contributed by atoms with Crippen molar-refractivity contribution < 1.29 is 4.79 Å². The average Bonchev–Trinajstić information content (AvgIpc) is 2.18. The Bertz CT molecular complexity index is 218. The number of carbonyl (C=O) groups excluding carboxylic acids is 1. The molecule has 88 valence electrons. The van der Waals surface area contributed by atoms with Crippen LogP contribution >= 0.6 is 0 Å². The molecule has 1 N–H and O–H groups in total. The van der Waals surface area contributed by atoms with E-state index in [-0.39, 0.29) is 5.91 Å². The summed E-state index contributed by atoms with van der Waals surface area (Å²) in [6.07, 6.45) is 1.14. The molecule has 4 nitrogen and oxygen atoms in total. The Balaban J connectivity index is 2.38. The first-order chi connectivity index (χ1) is 7.04. The predicted octanol–water partition coefficient (Wildman–Crippen LogP) is 0.00440. The molecule has 1 heterocycles. The van der Waals surface area contributed by atoms with E-state index in [1.807, 2.05) is 21.1 Å². The van der Waals surface area contributed by atoms with Gasteiger partial charge in [0.25, 0.3) is 0 Å². The highest BCUT2D eigenvalue weighted by molar-refractivity contribution is 5.77. The fraction of sp³-hybridized carbons (Fsp3) is 0.909. The minimum Gasteiger partial charge on any atom is -0.348 e. The summed E-state index contributed by atoms with van der Waals surface area (Å²) < 4.78 is 0. The van der Waals surface area contributed by atoms with Crippen LogP contribution in [-0.2, 0) is 4.79 Å². The summed E-state index contributed by atoms with van der Waals surface area (Å²) in [6.45, 7) is 4.85. The van der Waals surface area contributed by atoms with Crippen LogP contribution in [0.4, 0.5) is 0 Å². The number of amides is 1. The Hall–Kier alpha value is -0.610. The summed E-state index contributed by atoms with van der Waals surface area (Å²) in [5.74, 6) is 0.823. The summed E-state index contributed by atoms with van der Waals surface area (Å²) >= 11 is 0. The monoisotopic (exact) mass is 213 g/mol. The van der Waals surface area contributed by atoms with Crippen molar-refractivity contribution in [3.8, 4) is 0 Å². The van der Waals surface area contributed by atoms with E-state index in [9.17, 15) is 4.79 Å². The van der Waals surface area contributed by atoms with Gasteiger partial charge >= 0.3 is 0 Å². The quantitative estimate of drug-likeness (QED) is 0.717. The molecule has 2 atom stereocenters. The van der Waals surface area contributed by atoms with Crippen LogP contribution in [0.15, 0.2) is 0 Å². The van der Waals surface area contributed by atoms with Gasteiger partial charge < -0.3 is 10.2 Å². The zero-order chi connectivity index (χ0) is 11.4. The van der Waals surface area contributed by atoms with Crippen LogP contribution in [0.2, 0.25) is 0 Å². The van der Waals surface area contributed by atoms with Gasteiger partial charge in [-0.05, 0) is 19.4 Å². The Labute approximate surface area is 92.6 Å². The van der Waals surface area contributed by atoms with Gasteiger partial charge in [-0.2, -0.15) is 0 Å². The largest absolute Gasteiger partial charge is 0.348 e. The van der Waals surface area contributed by atoms with Gasteiger partial charge in [0.2, 0.25) is 5.91 Å². The topological polar surface area (TPSA) is 35.6 Å². The van der Waals surface area contributed by atoms with Crippen LogP contribution in [-0.4, -0.2) is 62.5 Å². The van der Waals surface area contributed by atoms with E-state index in [1.165, 1.54) is 0 Å². The van der Waals surface area contributed by atoms with Crippen LogP contribution in [0.3, 0.4) is 0 Å². The van der Waals surface area contributed by atoms with Crippen molar-refractivity contribution in [2.75, 3.05) is 40.8 Å². The van der Waals surface area contributed by atoms with Gasteiger partial charge in [-0.15, -0.1) is 0 Å². The van der Waals surface area contributed by atoms with Crippen LogP contribution in [0.5, 0.6) is 0 Å². The van der Waals surface area contributed by atoms with Crippen molar-refractivity contribution in [3.63, 3.8) is 0 Å². The molecule has 1 saturated heterocycles. The lowest BCUT2D eigenvalue weighted by molar-refractivity contribution is -0.130. The Kier molecular flexibility index (Phi) is 4.54. The molecular weight excluding hydrogens is 190 g/mol. The fourth-order valence-corrected chi connectivity index (χ4v) is 2.14. The van der Waals surface area contributed by atoms with E-state index < -0.39 is 0 Å². The van der Waals surface area contributed by atoms with Gasteiger partial charge in [0, 0.05) is 33.2 Å². The lowest BCUT2D eigenvalue weighted by atomic mass is 9.94. The zero-order valence-electron chi connectivity index (χ0n) is 10.3. The molecule has 4 heteroatoms.